The van der Waals surface area contributed by atoms with Crippen molar-refractivity contribution in [1.29, 1.82) is 0 Å². The molecule has 0 spiro atoms. The molecule has 3 aromatic heterocycles. The van der Waals surface area contributed by atoms with Gasteiger partial charge in [0, 0.05) is 65.8 Å². The fourth-order valence-electron chi connectivity index (χ4n) is 4.12. The normalized spacial score (nSPS) is 18.3. The summed E-state index contributed by atoms with van der Waals surface area (Å²) in [5.41, 5.74) is 1.54. The maximum atomic E-state index is 11.8. The minimum Gasteiger partial charge on any atom is -0.378 e. The number of morpholine rings is 1. The molecule has 0 aliphatic carbocycles. The number of nitrogens with zero attached hydrogens (tertiary/aromatic N) is 9. The lowest BCUT2D eigenvalue weighted by atomic mass is 10.3. The highest BCUT2D eigenvalue weighted by Gasteiger charge is 2.25. The minimum absolute atomic E-state index is 0.496. The van der Waals surface area contributed by atoms with E-state index in [1.165, 1.54) is 10.6 Å². The second kappa shape index (κ2) is 9.85. The van der Waals surface area contributed by atoms with Crippen molar-refractivity contribution in [3.8, 4) is 11.4 Å². The van der Waals surface area contributed by atoms with Crippen LogP contribution >= 0.6 is 11.3 Å². The molecule has 0 amide bonds. The van der Waals surface area contributed by atoms with E-state index in [1.807, 2.05) is 19.0 Å². The van der Waals surface area contributed by atoms with E-state index in [9.17, 15) is 8.42 Å². The van der Waals surface area contributed by atoms with Crippen LogP contribution in [0, 0.1) is 0 Å². The number of anilines is 2. The fourth-order valence-corrected chi connectivity index (χ4v) is 5.92. The summed E-state index contributed by atoms with van der Waals surface area (Å²) in [7, 11) is 0.641. The largest absolute Gasteiger partial charge is 0.378 e. The lowest BCUT2D eigenvalue weighted by molar-refractivity contribution is 0.122. The van der Waals surface area contributed by atoms with E-state index in [1.54, 1.807) is 23.7 Å². The number of hydrogen-bond acceptors (Lipinski definition) is 12. The van der Waals surface area contributed by atoms with Crippen molar-refractivity contribution in [2.75, 3.05) is 82.6 Å². The Morgan fingerprint density at radius 3 is 2.31 bits per heavy atom. The molecule has 188 valence electrons. The second-order valence-corrected chi connectivity index (χ2v) is 11.9. The molecule has 2 fully saturated rings. The topological polar surface area (TPSA) is 121 Å². The molecule has 0 aromatic carbocycles. The molecule has 2 aliphatic rings. The first kappa shape index (κ1) is 24.2. The molecular formula is C21H29N9O3S2. The molecule has 2 saturated heterocycles. The Morgan fingerprint density at radius 1 is 1.00 bits per heavy atom. The summed E-state index contributed by atoms with van der Waals surface area (Å²) in [6, 6.07) is 0. The van der Waals surface area contributed by atoms with Crippen LogP contribution in [0.25, 0.3) is 21.7 Å². The van der Waals surface area contributed by atoms with Crippen molar-refractivity contribution in [3.63, 3.8) is 0 Å². The highest BCUT2D eigenvalue weighted by Crippen LogP contribution is 2.32. The van der Waals surface area contributed by atoms with E-state index in [2.05, 4.69) is 19.8 Å². The van der Waals surface area contributed by atoms with Crippen molar-refractivity contribution in [2.45, 2.75) is 6.54 Å². The highest BCUT2D eigenvalue weighted by atomic mass is 32.2. The number of hydrogen-bond donors (Lipinski definition) is 0. The van der Waals surface area contributed by atoms with Crippen LogP contribution in [0.15, 0.2) is 12.4 Å². The first-order chi connectivity index (χ1) is 16.8. The molecule has 0 saturated carbocycles. The van der Waals surface area contributed by atoms with Gasteiger partial charge in [-0.1, -0.05) is 11.3 Å². The molecule has 35 heavy (non-hydrogen) atoms. The number of piperazine rings is 1. The number of aromatic nitrogens is 5. The molecule has 0 radical (unpaired) electrons. The zero-order valence-electron chi connectivity index (χ0n) is 20.1. The third-order valence-corrected chi connectivity index (χ3v) is 8.29. The Bertz CT molecular complexity index is 1280. The van der Waals surface area contributed by atoms with Crippen molar-refractivity contribution < 1.29 is 13.2 Å². The first-order valence-electron chi connectivity index (χ1n) is 11.5. The van der Waals surface area contributed by atoms with Crippen molar-refractivity contribution in [2.24, 2.45) is 0 Å². The zero-order valence-corrected chi connectivity index (χ0v) is 21.7. The van der Waals surface area contributed by atoms with Crippen LogP contribution in [0.4, 0.5) is 11.8 Å². The Kier molecular flexibility index (Phi) is 6.81. The van der Waals surface area contributed by atoms with Crippen molar-refractivity contribution in [1.82, 2.24) is 34.1 Å². The zero-order chi connectivity index (χ0) is 24.6. The van der Waals surface area contributed by atoms with E-state index in [-0.39, 0.29) is 0 Å². The lowest BCUT2D eigenvalue weighted by Crippen LogP contribution is -2.47. The van der Waals surface area contributed by atoms with Gasteiger partial charge in [0.15, 0.2) is 11.6 Å². The van der Waals surface area contributed by atoms with Crippen molar-refractivity contribution in [3.05, 3.63) is 17.4 Å². The Hall–Kier alpha value is -2.52. The lowest BCUT2D eigenvalue weighted by Gasteiger charge is -2.32. The Morgan fingerprint density at radius 2 is 1.69 bits per heavy atom. The van der Waals surface area contributed by atoms with Crippen LogP contribution in [0.3, 0.4) is 0 Å². The third kappa shape index (κ3) is 5.35. The average molecular weight is 520 g/mol. The molecule has 0 unspecified atom stereocenters. The smallest absolute Gasteiger partial charge is 0.224 e. The van der Waals surface area contributed by atoms with Gasteiger partial charge in [-0.15, -0.1) is 0 Å². The predicted octanol–water partition coefficient (Wildman–Crippen LogP) is 0.523. The molecule has 5 rings (SSSR count). The number of fused-ring (bicyclic) bond motifs is 1. The van der Waals surface area contributed by atoms with E-state index in [0.29, 0.717) is 57.7 Å². The van der Waals surface area contributed by atoms with Gasteiger partial charge < -0.3 is 14.5 Å². The summed E-state index contributed by atoms with van der Waals surface area (Å²) in [5.74, 6) is 2.00. The summed E-state index contributed by atoms with van der Waals surface area (Å²) < 4.78 is 30.7. The molecule has 3 aromatic rings. The Labute approximate surface area is 208 Å². The van der Waals surface area contributed by atoms with Gasteiger partial charge in [-0.05, 0) is 0 Å². The summed E-state index contributed by atoms with van der Waals surface area (Å²) in [5, 5.41) is 0.938. The number of ether oxygens (including phenoxy) is 1. The van der Waals surface area contributed by atoms with Gasteiger partial charge >= 0.3 is 0 Å². The molecule has 14 heteroatoms. The predicted molar refractivity (Wildman–Crippen MR) is 135 cm³/mol. The van der Waals surface area contributed by atoms with E-state index >= 15 is 0 Å². The van der Waals surface area contributed by atoms with E-state index in [4.69, 9.17) is 19.7 Å². The summed E-state index contributed by atoms with van der Waals surface area (Å²) >= 11 is 1.55. The molecule has 0 N–H and O–H groups in total. The summed E-state index contributed by atoms with van der Waals surface area (Å²) in [6.45, 7) is 5.75. The highest BCUT2D eigenvalue weighted by molar-refractivity contribution is 7.88. The van der Waals surface area contributed by atoms with Crippen LogP contribution in [-0.4, -0.2) is 115 Å². The number of thiazole rings is 1. The quantitative estimate of drug-likeness (QED) is 0.453. The molecule has 5 heterocycles. The second-order valence-electron chi connectivity index (χ2n) is 8.84. The van der Waals surface area contributed by atoms with E-state index in [0.717, 1.165) is 39.8 Å². The van der Waals surface area contributed by atoms with Gasteiger partial charge in [-0.2, -0.15) is 4.31 Å². The van der Waals surface area contributed by atoms with Crippen LogP contribution in [0.2, 0.25) is 0 Å². The van der Waals surface area contributed by atoms with E-state index < -0.39 is 10.0 Å². The molecule has 0 atom stereocenters. The molecule has 0 bridgehead atoms. The summed E-state index contributed by atoms with van der Waals surface area (Å²) in [6.07, 6.45) is 4.75. The molecular weight excluding hydrogens is 490 g/mol. The van der Waals surface area contributed by atoms with Gasteiger partial charge in [-0.3, -0.25) is 4.90 Å². The maximum Gasteiger partial charge on any atom is 0.224 e. The minimum atomic E-state index is -3.15. The average Bonchev–Trinajstić information content (AvgIpc) is 3.26. The van der Waals surface area contributed by atoms with Crippen LogP contribution in [0.1, 0.15) is 5.01 Å². The van der Waals surface area contributed by atoms with Gasteiger partial charge in [0.25, 0.3) is 0 Å². The number of rotatable bonds is 6. The van der Waals surface area contributed by atoms with Gasteiger partial charge in [0.05, 0.1) is 31.6 Å². The monoisotopic (exact) mass is 519 g/mol. The van der Waals surface area contributed by atoms with Gasteiger partial charge in [0.2, 0.25) is 16.0 Å². The van der Waals surface area contributed by atoms with Crippen LogP contribution < -0.4 is 9.80 Å². The van der Waals surface area contributed by atoms with Gasteiger partial charge in [0.1, 0.15) is 15.4 Å². The standard InChI is InChI=1S/C21H29N9O3S2/c1-27(2)21-22-12-15(13-23-21)18-25-19(29-8-10-33-11-9-29)17-20(26-18)34-16(24-17)14-28-4-6-30(7-5-28)35(3,31)32/h12-13H,4-11,14H2,1-3H3. The van der Waals surface area contributed by atoms with Crippen LogP contribution in [0.5, 0.6) is 0 Å². The number of sulfonamides is 1. The molecule has 12 nitrogen and oxygen atoms in total. The van der Waals surface area contributed by atoms with Crippen LogP contribution in [-0.2, 0) is 21.3 Å². The maximum absolute atomic E-state index is 11.8. The third-order valence-electron chi connectivity index (χ3n) is 6.05. The van der Waals surface area contributed by atoms with Gasteiger partial charge in [-0.25, -0.2) is 33.3 Å². The first-order valence-corrected chi connectivity index (χ1v) is 14.1. The SMILES string of the molecule is CN(C)c1ncc(-c2nc(N3CCOCC3)c3nc(CN4CCN(S(C)(=O)=O)CC4)sc3n2)cn1. The van der Waals surface area contributed by atoms with Crippen molar-refractivity contribution >= 4 is 43.5 Å². The molecule has 2 aliphatic heterocycles. The summed E-state index contributed by atoms with van der Waals surface area (Å²) in [4.78, 5) is 30.6. The Balaban J connectivity index is 1.44. The fraction of sp³-hybridized carbons (Fsp3) is 0.571.